The van der Waals surface area contributed by atoms with Crippen molar-refractivity contribution in [3.05, 3.63) is 29.6 Å². The molecular weight excluding hydrogens is 293 g/mol. The van der Waals surface area contributed by atoms with Gasteiger partial charge in [-0.25, -0.2) is 12.8 Å². The van der Waals surface area contributed by atoms with Crippen LogP contribution < -0.4 is 0 Å². The molecule has 116 valence electrons. The Hall–Kier alpha value is -0.980. The number of aryl methyl sites for hydroxylation is 1. The zero-order valence-electron chi connectivity index (χ0n) is 12.1. The molecule has 3 rings (SSSR count). The highest BCUT2D eigenvalue weighted by Crippen LogP contribution is 2.32. The van der Waals surface area contributed by atoms with Gasteiger partial charge in [-0.3, -0.25) is 0 Å². The van der Waals surface area contributed by atoms with Crippen molar-refractivity contribution in [2.45, 2.75) is 49.6 Å². The van der Waals surface area contributed by atoms with Gasteiger partial charge in [0, 0.05) is 6.54 Å². The minimum Gasteiger partial charge on any atom is -0.375 e. The number of morpholine rings is 1. The van der Waals surface area contributed by atoms with Gasteiger partial charge < -0.3 is 4.74 Å². The van der Waals surface area contributed by atoms with E-state index in [1.807, 2.05) is 0 Å². The Kier molecular flexibility index (Phi) is 4.03. The molecule has 0 spiro atoms. The minimum atomic E-state index is -3.59. The molecule has 2 fully saturated rings. The van der Waals surface area contributed by atoms with Gasteiger partial charge in [0.1, 0.15) is 5.82 Å². The Morgan fingerprint density at radius 2 is 2.05 bits per heavy atom. The summed E-state index contributed by atoms with van der Waals surface area (Å²) in [5, 5.41) is 0. The number of rotatable bonds is 2. The zero-order chi connectivity index (χ0) is 15.0. The van der Waals surface area contributed by atoms with Gasteiger partial charge in [0.25, 0.3) is 0 Å². The van der Waals surface area contributed by atoms with E-state index in [2.05, 4.69) is 0 Å². The quantitative estimate of drug-likeness (QED) is 0.842. The number of halogens is 1. The molecule has 1 heterocycles. The fraction of sp³-hybridized carbons (Fsp3) is 0.600. The molecule has 1 saturated heterocycles. The lowest BCUT2D eigenvalue weighted by atomic mass is 9.91. The first kappa shape index (κ1) is 14.9. The standard InChI is InChI=1S/C15H20FNO3S/c1-11-10-12(6-7-13(11)16)21(18,19)17-8-9-20-15-5-3-2-4-14(15)17/h6-7,10,14-15H,2-5,8-9H2,1H3/t14-,15-/m1/s1. The van der Waals surface area contributed by atoms with E-state index < -0.39 is 10.0 Å². The van der Waals surface area contributed by atoms with Crippen LogP contribution in [-0.4, -0.2) is 38.0 Å². The highest BCUT2D eigenvalue weighted by Gasteiger charge is 2.40. The van der Waals surface area contributed by atoms with E-state index in [1.165, 1.54) is 18.2 Å². The van der Waals surface area contributed by atoms with Crippen LogP contribution in [0.4, 0.5) is 4.39 Å². The van der Waals surface area contributed by atoms with Gasteiger partial charge >= 0.3 is 0 Å². The molecule has 0 unspecified atom stereocenters. The van der Waals surface area contributed by atoms with E-state index in [0.29, 0.717) is 18.7 Å². The second-order valence-corrected chi connectivity index (χ2v) is 7.68. The van der Waals surface area contributed by atoms with Gasteiger partial charge in [-0.2, -0.15) is 4.31 Å². The van der Waals surface area contributed by atoms with Crippen molar-refractivity contribution in [1.82, 2.24) is 4.31 Å². The maximum atomic E-state index is 13.4. The first-order valence-corrected chi connectivity index (χ1v) is 8.84. The summed E-state index contributed by atoms with van der Waals surface area (Å²) < 4.78 is 46.4. The van der Waals surface area contributed by atoms with Gasteiger partial charge in [-0.05, 0) is 43.5 Å². The first-order valence-electron chi connectivity index (χ1n) is 7.40. The summed E-state index contributed by atoms with van der Waals surface area (Å²) in [6, 6.07) is 3.91. The SMILES string of the molecule is Cc1cc(S(=O)(=O)N2CCO[C@@H]3CCCC[C@H]32)ccc1F. The largest absolute Gasteiger partial charge is 0.375 e. The third kappa shape index (κ3) is 2.72. The van der Waals surface area contributed by atoms with E-state index in [4.69, 9.17) is 4.74 Å². The number of sulfonamides is 1. The Morgan fingerprint density at radius 1 is 1.29 bits per heavy atom. The number of fused-ring (bicyclic) bond motifs is 1. The molecule has 4 nitrogen and oxygen atoms in total. The van der Waals surface area contributed by atoms with Crippen molar-refractivity contribution < 1.29 is 17.5 Å². The molecular formula is C15H20FNO3S. The summed E-state index contributed by atoms with van der Waals surface area (Å²) in [5.74, 6) is -0.383. The maximum Gasteiger partial charge on any atom is 0.243 e. The fourth-order valence-corrected chi connectivity index (χ4v) is 5.02. The van der Waals surface area contributed by atoms with Crippen LogP contribution in [0.3, 0.4) is 0 Å². The Labute approximate surface area is 125 Å². The van der Waals surface area contributed by atoms with Crippen molar-refractivity contribution in [2.75, 3.05) is 13.2 Å². The molecule has 2 atom stereocenters. The van der Waals surface area contributed by atoms with Crippen molar-refractivity contribution >= 4 is 10.0 Å². The Morgan fingerprint density at radius 3 is 2.81 bits per heavy atom. The van der Waals surface area contributed by atoms with Gasteiger partial charge in [0.15, 0.2) is 0 Å². The number of hydrogen-bond acceptors (Lipinski definition) is 3. The molecule has 1 aliphatic heterocycles. The van der Waals surface area contributed by atoms with E-state index in [0.717, 1.165) is 25.7 Å². The van der Waals surface area contributed by atoms with E-state index in [1.54, 1.807) is 11.2 Å². The third-order valence-corrected chi connectivity index (χ3v) is 6.34. The molecule has 6 heteroatoms. The summed E-state index contributed by atoms with van der Waals surface area (Å²) in [5.41, 5.74) is 0.351. The van der Waals surface area contributed by atoms with Crippen LogP contribution >= 0.6 is 0 Å². The molecule has 21 heavy (non-hydrogen) atoms. The number of nitrogens with zero attached hydrogens (tertiary/aromatic N) is 1. The van der Waals surface area contributed by atoms with Crippen LogP contribution in [-0.2, 0) is 14.8 Å². The maximum absolute atomic E-state index is 13.4. The minimum absolute atomic E-state index is 0.00354. The van der Waals surface area contributed by atoms with Gasteiger partial charge in [-0.15, -0.1) is 0 Å². The van der Waals surface area contributed by atoms with Crippen molar-refractivity contribution in [3.8, 4) is 0 Å². The summed E-state index contributed by atoms with van der Waals surface area (Å²) >= 11 is 0. The summed E-state index contributed by atoms with van der Waals surface area (Å²) in [6.45, 7) is 2.39. The van der Waals surface area contributed by atoms with Gasteiger partial charge in [-0.1, -0.05) is 12.8 Å². The van der Waals surface area contributed by atoms with E-state index in [9.17, 15) is 12.8 Å². The average molecular weight is 313 g/mol. The monoisotopic (exact) mass is 313 g/mol. The van der Waals surface area contributed by atoms with Crippen molar-refractivity contribution in [2.24, 2.45) is 0 Å². The normalized spacial score (nSPS) is 27.3. The molecule has 2 aliphatic rings. The highest BCUT2D eigenvalue weighted by molar-refractivity contribution is 7.89. The van der Waals surface area contributed by atoms with Gasteiger partial charge in [0.2, 0.25) is 10.0 Å². The topological polar surface area (TPSA) is 46.6 Å². The molecule has 0 N–H and O–H groups in total. The molecule has 0 amide bonds. The average Bonchev–Trinajstić information content (AvgIpc) is 2.49. The van der Waals surface area contributed by atoms with Crippen LogP contribution in [0, 0.1) is 12.7 Å². The Balaban J connectivity index is 1.94. The number of benzene rings is 1. The van der Waals surface area contributed by atoms with Crippen LogP contribution in [0.15, 0.2) is 23.1 Å². The van der Waals surface area contributed by atoms with E-state index in [-0.39, 0.29) is 22.9 Å². The van der Waals surface area contributed by atoms with Crippen molar-refractivity contribution in [1.29, 1.82) is 0 Å². The zero-order valence-corrected chi connectivity index (χ0v) is 12.9. The lowest BCUT2D eigenvalue weighted by Gasteiger charge is -2.42. The van der Waals surface area contributed by atoms with Crippen LogP contribution in [0.25, 0.3) is 0 Å². The summed E-state index contributed by atoms with van der Waals surface area (Å²) in [6.07, 6.45) is 3.87. The fourth-order valence-electron chi connectivity index (χ4n) is 3.27. The molecule has 1 aromatic rings. The predicted molar refractivity (Wildman–Crippen MR) is 77.0 cm³/mol. The first-order chi connectivity index (χ1) is 10.00. The summed E-state index contributed by atoms with van der Waals surface area (Å²) in [4.78, 5) is 0.174. The lowest BCUT2D eigenvalue weighted by Crippen LogP contribution is -2.54. The number of ether oxygens (including phenoxy) is 1. The number of hydrogen-bond donors (Lipinski definition) is 0. The second kappa shape index (κ2) is 5.66. The highest BCUT2D eigenvalue weighted by atomic mass is 32.2. The molecule has 0 aromatic heterocycles. The molecule has 1 saturated carbocycles. The Bertz CT molecular complexity index is 630. The van der Waals surface area contributed by atoms with Crippen LogP contribution in [0.5, 0.6) is 0 Å². The van der Waals surface area contributed by atoms with Crippen LogP contribution in [0.2, 0.25) is 0 Å². The van der Waals surface area contributed by atoms with Crippen molar-refractivity contribution in [3.63, 3.8) is 0 Å². The smallest absolute Gasteiger partial charge is 0.243 e. The molecule has 1 aliphatic carbocycles. The van der Waals surface area contributed by atoms with Gasteiger partial charge in [0.05, 0.1) is 23.6 Å². The second-order valence-electron chi connectivity index (χ2n) is 5.79. The summed E-state index contributed by atoms with van der Waals surface area (Å²) in [7, 11) is -3.59. The van der Waals surface area contributed by atoms with E-state index >= 15 is 0 Å². The molecule has 0 bridgehead atoms. The molecule has 0 radical (unpaired) electrons. The predicted octanol–water partition coefficient (Wildman–Crippen LogP) is 2.47. The van der Waals surface area contributed by atoms with Crippen LogP contribution in [0.1, 0.15) is 31.2 Å². The third-order valence-electron chi connectivity index (χ3n) is 4.42. The lowest BCUT2D eigenvalue weighted by molar-refractivity contribution is -0.0586. The molecule has 1 aromatic carbocycles.